The Kier molecular flexibility index (Phi) is 2.45. The fourth-order valence-corrected chi connectivity index (χ4v) is 3.22. The minimum atomic E-state index is 0.313. The first-order valence-corrected chi connectivity index (χ1v) is 6.20. The zero-order valence-electron chi connectivity index (χ0n) is 6.94. The van der Waals surface area contributed by atoms with Gasteiger partial charge >= 0.3 is 0 Å². The van der Waals surface area contributed by atoms with Crippen LogP contribution in [-0.2, 0) is 0 Å². The molecule has 0 aliphatic carbocycles. The molecule has 13 heavy (non-hydrogen) atoms. The van der Waals surface area contributed by atoms with Gasteiger partial charge in [-0.05, 0) is 18.4 Å². The molecule has 4 heteroatoms. The van der Waals surface area contributed by atoms with Crippen molar-refractivity contribution < 1.29 is 5.11 Å². The molecule has 0 atom stereocenters. The number of hydrogen-bond acceptors (Lipinski definition) is 4. The maximum atomic E-state index is 9.73. The minimum Gasteiger partial charge on any atom is -0.505 e. The molecule has 0 fully saturated rings. The monoisotopic (exact) mass is 228 g/mol. The standard InChI is InChI=1S/C9H8OS3/c1-12-5-3-2-4-6-7(5)8(10)9(11)13-6/h2-4,10-11H,1H3. The van der Waals surface area contributed by atoms with Crippen LogP contribution >= 0.6 is 35.7 Å². The van der Waals surface area contributed by atoms with Crippen LogP contribution in [-0.4, -0.2) is 11.4 Å². The molecule has 0 aliphatic heterocycles. The van der Waals surface area contributed by atoms with Gasteiger partial charge in [-0.3, -0.25) is 0 Å². The highest BCUT2D eigenvalue weighted by Crippen LogP contribution is 2.43. The van der Waals surface area contributed by atoms with Crippen LogP contribution < -0.4 is 0 Å². The molecule has 1 aromatic heterocycles. The van der Waals surface area contributed by atoms with Crippen molar-refractivity contribution in [1.29, 1.82) is 0 Å². The maximum absolute atomic E-state index is 9.73. The van der Waals surface area contributed by atoms with Gasteiger partial charge < -0.3 is 5.11 Å². The van der Waals surface area contributed by atoms with Crippen LogP contribution in [0.5, 0.6) is 5.75 Å². The van der Waals surface area contributed by atoms with Gasteiger partial charge in [-0.25, -0.2) is 0 Å². The number of rotatable bonds is 1. The van der Waals surface area contributed by atoms with Crippen LogP contribution in [0.15, 0.2) is 27.3 Å². The Morgan fingerprint density at radius 3 is 2.92 bits per heavy atom. The van der Waals surface area contributed by atoms with Gasteiger partial charge in [0.05, 0.1) is 4.21 Å². The molecule has 0 amide bonds. The smallest absolute Gasteiger partial charge is 0.148 e. The van der Waals surface area contributed by atoms with Gasteiger partial charge in [-0.1, -0.05) is 6.07 Å². The Hall–Kier alpha value is -0.320. The summed E-state index contributed by atoms with van der Waals surface area (Å²) in [5.74, 6) is 0.313. The van der Waals surface area contributed by atoms with Crippen molar-refractivity contribution in [3.63, 3.8) is 0 Å². The first-order chi connectivity index (χ1) is 6.24. The van der Waals surface area contributed by atoms with E-state index in [1.165, 1.54) is 11.3 Å². The number of thiophene rings is 1. The van der Waals surface area contributed by atoms with E-state index in [-0.39, 0.29) is 0 Å². The molecule has 1 heterocycles. The summed E-state index contributed by atoms with van der Waals surface area (Å²) < 4.78 is 1.78. The second kappa shape index (κ2) is 3.44. The summed E-state index contributed by atoms with van der Waals surface area (Å²) in [6.07, 6.45) is 2.00. The largest absolute Gasteiger partial charge is 0.505 e. The fourth-order valence-electron chi connectivity index (χ4n) is 1.26. The van der Waals surface area contributed by atoms with E-state index in [2.05, 4.69) is 12.6 Å². The summed E-state index contributed by atoms with van der Waals surface area (Å²) in [5.41, 5.74) is 0. The average molecular weight is 228 g/mol. The van der Waals surface area contributed by atoms with Gasteiger partial charge in [0, 0.05) is 15.0 Å². The molecule has 1 nitrogen and oxygen atoms in total. The second-order valence-corrected chi connectivity index (χ2v) is 5.24. The third kappa shape index (κ3) is 1.43. The van der Waals surface area contributed by atoms with Crippen molar-refractivity contribution in [2.24, 2.45) is 0 Å². The fraction of sp³-hybridized carbons (Fsp3) is 0.111. The number of thiol groups is 1. The van der Waals surface area contributed by atoms with Crippen molar-refractivity contribution in [1.82, 2.24) is 0 Å². The molecular formula is C9H8OS3. The van der Waals surface area contributed by atoms with Crippen molar-refractivity contribution >= 4 is 45.8 Å². The van der Waals surface area contributed by atoms with Crippen LogP contribution in [0.4, 0.5) is 0 Å². The summed E-state index contributed by atoms with van der Waals surface area (Å²) in [5, 5.41) is 10.7. The minimum absolute atomic E-state index is 0.313. The molecule has 2 aromatic rings. The quantitative estimate of drug-likeness (QED) is 0.574. The van der Waals surface area contributed by atoms with Crippen LogP contribution in [0.3, 0.4) is 0 Å². The Morgan fingerprint density at radius 2 is 2.23 bits per heavy atom. The summed E-state index contributed by atoms with van der Waals surface area (Å²) in [7, 11) is 0. The van der Waals surface area contributed by atoms with Gasteiger partial charge in [0.15, 0.2) is 0 Å². The molecule has 0 saturated heterocycles. The van der Waals surface area contributed by atoms with Crippen LogP contribution in [0, 0.1) is 0 Å². The maximum Gasteiger partial charge on any atom is 0.148 e. The highest BCUT2D eigenvalue weighted by Gasteiger charge is 2.11. The topological polar surface area (TPSA) is 20.2 Å². The van der Waals surface area contributed by atoms with Crippen molar-refractivity contribution in [3.05, 3.63) is 18.2 Å². The Bertz CT molecular complexity index is 447. The number of fused-ring (bicyclic) bond motifs is 1. The first kappa shape index (κ1) is 9.24. The molecule has 0 aliphatic rings. The Labute approximate surface area is 90.2 Å². The lowest BCUT2D eigenvalue weighted by Gasteiger charge is -1.98. The van der Waals surface area contributed by atoms with E-state index in [1.54, 1.807) is 11.8 Å². The van der Waals surface area contributed by atoms with Crippen LogP contribution in [0.1, 0.15) is 0 Å². The van der Waals surface area contributed by atoms with Gasteiger partial charge in [-0.15, -0.1) is 35.7 Å². The lowest BCUT2D eigenvalue weighted by molar-refractivity contribution is 0.472. The Balaban J connectivity index is 2.87. The lowest BCUT2D eigenvalue weighted by Crippen LogP contribution is -1.70. The first-order valence-electron chi connectivity index (χ1n) is 3.71. The molecule has 0 saturated carbocycles. The summed E-state index contributed by atoms with van der Waals surface area (Å²) >= 11 is 7.35. The van der Waals surface area contributed by atoms with Gasteiger partial charge in [0.1, 0.15) is 5.75 Å². The summed E-state index contributed by atoms with van der Waals surface area (Å²) in [6.45, 7) is 0. The highest BCUT2D eigenvalue weighted by atomic mass is 32.2. The molecular weight excluding hydrogens is 220 g/mol. The highest BCUT2D eigenvalue weighted by molar-refractivity contribution is 7.98. The third-order valence-corrected chi connectivity index (χ3v) is 4.07. The second-order valence-electron chi connectivity index (χ2n) is 2.59. The van der Waals surface area contributed by atoms with Crippen molar-refractivity contribution in [2.75, 3.05) is 6.26 Å². The number of hydrogen-bond donors (Lipinski definition) is 2. The molecule has 1 aromatic carbocycles. The van der Waals surface area contributed by atoms with E-state index < -0.39 is 0 Å². The normalized spacial score (nSPS) is 10.9. The van der Waals surface area contributed by atoms with E-state index in [9.17, 15) is 5.11 Å². The number of thioether (sulfide) groups is 1. The average Bonchev–Trinajstić information content (AvgIpc) is 2.43. The predicted molar refractivity (Wildman–Crippen MR) is 62.5 cm³/mol. The zero-order chi connectivity index (χ0) is 9.42. The number of benzene rings is 1. The molecule has 0 radical (unpaired) electrons. The molecule has 0 bridgehead atoms. The molecule has 0 spiro atoms. The predicted octanol–water partition coefficient (Wildman–Crippen LogP) is 3.62. The zero-order valence-corrected chi connectivity index (χ0v) is 9.47. The van der Waals surface area contributed by atoms with E-state index in [0.29, 0.717) is 9.96 Å². The van der Waals surface area contributed by atoms with Gasteiger partial charge in [-0.2, -0.15) is 0 Å². The summed E-state index contributed by atoms with van der Waals surface area (Å²) in [6, 6.07) is 6.00. The van der Waals surface area contributed by atoms with Crippen molar-refractivity contribution in [2.45, 2.75) is 9.10 Å². The van der Waals surface area contributed by atoms with Gasteiger partial charge in [0.2, 0.25) is 0 Å². The van der Waals surface area contributed by atoms with E-state index in [0.717, 1.165) is 15.0 Å². The van der Waals surface area contributed by atoms with Crippen LogP contribution in [0.25, 0.3) is 10.1 Å². The van der Waals surface area contributed by atoms with E-state index in [4.69, 9.17) is 0 Å². The molecule has 0 unspecified atom stereocenters. The lowest BCUT2D eigenvalue weighted by atomic mass is 10.2. The van der Waals surface area contributed by atoms with Gasteiger partial charge in [0.25, 0.3) is 0 Å². The molecule has 68 valence electrons. The van der Waals surface area contributed by atoms with E-state index >= 15 is 0 Å². The number of aromatic hydroxyl groups is 1. The Morgan fingerprint density at radius 1 is 1.46 bits per heavy atom. The SMILES string of the molecule is CSc1cccc2sc(S)c(O)c12. The van der Waals surface area contributed by atoms with Crippen molar-refractivity contribution in [3.8, 4) is 5.75 Å². The summed E-state index contributed by atoms with van der Waals surface area (Å²) in [4.78, 5) is 1.10. The third-order valence-electron chi connectivity index (χ3n) is 1.85. The van der Waals surface area contributed by atoms with E-state index in [1.807, 2.05) is 24.5 Å². The molecule has 1 N–H and O–H groups in total. The van der Waals surface area contributed by atoms with Crippen LogP contribution in [0.2, 0.25) is 0 Å². The molecule has 2 rings (SSSR count).